The van der Waals surface area contributed by atoms with Crippen LogP contribution in [0, 0.1) is 0 Å². The molecule has 2 rings (SSSR count). The van der Waals surface area contributed by atoms with Crippen molar-refractivity contribution in [2.75, 3.05) is 14.2 Å². The summed E-state index contributed by atoms with van der Waals surface area (Å²) in [6.07, 6.45) is -0.410. The molecule has 122 valence electrons. The molecule has 0 bridgehead atoms. The minimum Gasteiger partial charge on any atom is -0.484 e. The van der Waals surface area contributed by atoms with Crippen molar-refractivity contribution in [1.82, 2.24) is 0 Å². The van der Waals surface area contributed by atoms with Gasteiger partial charge in [0.15, 0.2) is 4.88 Å². The first-order valence-electron chi connectivity index (χ1n) is 6.69. The van der Waals surface area contributed by atoms with Crippen molar-refractivity contribution in [2.45, 2.75) is 13.0 Å². The molecule has 7 heteroatoms. The molecule has 0 aliphatic heterocycles. The van der Waals surface area contributed by atoms with Crippen molar-refractivity contribution in [2.24, 2.45) is 0 Å². The highest BCUT2D eigenvalue weighted by Crippen LogP contribution is 2.35. The Labute approximate surface area is 142 Å². The molecule has 23 heavy (non-hydrogen) atoms. The average molecular weight is 355 g/mol. The molecule has 0 saturated carbocycles. The molecule has 0 aliphatic rings. The predicted octanol–water partition coefficient (Wildman–Crippen LogP) is 4.11. The molecule has 1 unspecified atom stereocenters. The molecular formula is C16H15ClO5S. The van der Waals surface area contributed by atoms with Crippen molar-refractivity contribution in [3.63, 3.8) is 0 Å². The van der Waals surface area contributed by atoms with Crippen LogP contribution in [-0.4, -0.2) is 26.2 Å². The maximum Gasteiger partial charge on any atom is 0.351 e. The summed E-state index contributed by atoms with van der Waals surface area (Å²) in [5.74, 6) is -0.860. The van der Waals surface area contributed by atoms with E-state index in [4.69, 9.17) is 21.1 Å². The van der Waals surface area contributed by atoms with Crippen molar-refractivity contribution in [3.8, 4) is 5.75 Å². The molecule has 0 radical (unpaired) electrons. The van der Waals surface area contributed by atoms with E-state index in [1.54, 1.807) is 13.0 Å². The summed E-state index contributed by atoms with van der Waals surface area (Å²) >= 11 is 7.11. The zero-order valence-electron chi connectivity index (χ0n) is 12.8. The van der Waals surface area contributed by atoms with E-state index in [1.165, 1.54) is 20.3 Å². The van der Waals surface area contributed by atoms with Gasteiger partial charge in [-0.15, -0.1) is 11.3 Å². The van der Waals surface area contributed by atoms with E-state index < -0.39 is 18.0 Å². The highest BCUT2D eigenvalue weighted by molar-refractivity contribution is 7.16. The Balaban J connectivity index is 2.34. The summed E-state index contributed by atoms with van der Waals surface area (Å²) in [5.41, 5.74) is 0.774. The SMILES string of the molecule is COC(=O)c1cc(OC(C)c2ccccc2Cl)c(C(=O)OC)s1. The number of benzene rings is 1. The Morgan fingerprint density at radius 3 is 2.39 bits per heavy atom. The molecule has 1 aromatic heterocycles. The number of methoxy groups -OCH3 is 2. The summed E-state index contributed by atoms with van der Waals surface area (Å²) in [6, 6.07) is 8.72. The molecule has 0 amide bonds. The van der Waals surface area contributed by atoms with E-state index >= 15 is 0 Å². The van der Waals surface area contributed by atoms with Gasteiger partial charge in [0, 0.05) is 16.7 Å². The van der Waals surface area contributed by atoms with Gasteiger partial charge < -0.3 is 14.2 Å². The van der Waals surface area contributed by atoms with Crippen LogP contribution in [-0.2, 0) is 9.47 Å². The topological polar surface area (TPSA) is 61.8 Å². The van der Waals surface area contributed by atoms with Crippen LogP contribution in [0.25, 0.3) is 0 Å². The van der Waals surface area contributed by atoms with Crippen LogP contribution in [0.4, 0.5) is 0 Å². The first kappa shape index (κ1) is 17.3. The quantitative estimate of drug-likeness (QED) is 0.756. The van der Waals surface area contributed by atoms with Gasteiger partial charge in [-0.3, -0.25) is 0 Å². The third-order valence-electron chi connectivity index (χ3n) is 3.10. The number of rotatable bonds is 5. The lowest BCUT2D eigenvalue weighted by atomic mass is 10.1. The minimum absolute atomic E-state index is 0.201. The number of carbonyl (C=O) groups excluding carboxylic acids is 2. The van der Waals surface area contributed by atoms with Gasteiger partial charge in [0.25, 0.3) is 0 Å². The van der Waals surface area contributed by atoms with Crippen LogP contribution in [0.1, 0.15) is 37.9 Å². The Kier molecular flexibility index (Phi) is 5.63. The van der Waals surface area contributed by atoms with E-state index in [1.807, 2.05) is 18.2 Å². The van der Waals surface area contributed by atoms with Crippen molar-refractivity contribution in [3.05, 3.63) is 50.7 Å². The van der Waals surface area contributed by atoms with Gasteiger partial charge in [0.1, 0.15) is 16.7 Å². The second kappa shape index (κ2) is 7.48. The van der Waals surface area contributed by atoms with Crippen molar-refractivity contribution >= 4 is 34.9 Å². The zero-order valence-corrected chi connectivity index (χ0v) is 14.4. The fraction of sp³-hybridized carbons (Fsp3) is 0.250. The number of carbonyl (C=O) groups is 2. The smallest absolute Gasteiger partial charge is 0.351 e. The van der Waals surface area contributed by atoms with Gasteiger partial charge in [0.05, 0.1) is 14.2 Å². The maximum absolute atomic E-state index is 11.9. The van der Waals surface area contributed by atoms with Crippen LogP contribution >= 0.6 is 22.9 Å². The highest BCUT2D eigenvalue weighted by Gasteiger charge is 2.24. The molecule has 0 N–H and O–H groups in total. The van der Waals surface area contributed by atoms with Gasteiger partial charge in [-0.05, 0) is 13.0 Å². The lowest BCUT2D eigenvalue weighted by molar-refractivity contribution is 0.0593. The second-order valence-electron chi connectivity index (χ2n) is 4.57. The van der Waals surface area contributed by atoms with Gasteiger partial charge in [0.2, 0.25) is 0 Å². The molecule has 0 fully saturated rings. The minimum atomic E-state index is -0.577. The number of hydrogen-bond acceptors (Lipinski definition) is 6. The Morgan fingerprint density at radius 1 is 1.13 bits per heavy atom. The van der Waals surface area contributed by atoms with E-state index in [-0.39, 0.29) is 15.5 Å². The summed E-state index contributed by atoms with van der Waals surface area (Å²) in [6.45, 7) is 1.80. The molecule has 2 aromatic rings. The fourth-order valence-electron chi connectivity index (χ4n) is 1.96. The highest BCUT2D eigenvalue weighted by atomic mass is 35.5. The monoisotopic (exact) mass is 354 g/mol. The standard InChI is InChI=1S/C16H15ClO5S/c1-9(10-6-4-5-7-11(10)17)22-12-8-13(15(18)20-2)23-14(12)16(19)21-3/h4-9H,1-3H3. The van der Waals surface area contributed by atoms with Crippen LogP contribution in [0.2, 0.25) is 5.02 Å². The van der Waals surface area contributed by atoms with E-state index in [9.17, 15) is 9.59 Å². The summed E-state index contributed by atoms with van der Waals surface area (Å²) < 4.78 is 15.2. The molecule has 5 nitrogen and oxygen atoms in total. The fourth-order valence-corrected chi connectivity index (χ4v) is 3.17. The van der Waals surface area contributed by atoms with Gasteiger partial charge in [-0.1, -0.05) is 29.8 Å². The second-order valence-corrected chi connectivity index (χ2v) is 6.03. The molecule has 1 atom stereocenters. The van der Waals surface area contributed by atoms with Crippen LogP contribution in [0.15, 0.2) is 30.3 Å². The largest absolute Gasteiger partial charge is 0.484 e. The summed E-state index contributed by atoms with van der Waals surface area (Å²) in [7, 11) is 2.54. The lowest BCUT2D eigenvalue weighted by Crippen LogP contribution is -2.07. The first-order chi connectivity index (χ1) is 11.0. The van der Waals surface area contributed by atoms with E-state index in [0.29, 0.717) is 5.02 Å². The van der Waals surface area contributed by atoms with Crippen LogP contribution in [0.3, 0.4) is 0 Å². The van der Waals surface area contributed by atoms with Crippen LogP contribution < -0.4 is 4.74 Å². The summed E-state index contributed by atoms with van der Waals surface area (Å²) in [5, 5.41) is 0.558. The number of ether oxygens (including phenoxy) is 3. The Morgan fingerprint density at radius 2 is 1.78 bits per heavy atom. The van der Waals surface area contributed by atoms with Crippen molar-refractivity contribution in [1.29, 1.82) is 0 Å². The Bertz CT molecular complexity index is 725. The lowest BCUT2D eigenvalue weighted by Gasteiger charge is -2.16. The molecular weight excluding hydrogens is 340 g/mol. The maximum atomic E-state index is 11.9. The first-order valence-corrected chi connectivity index (χ1v) is 7.89. The molecule has 1 heterocycles. The number of hydrogen-bond donors (Lipinski definition) is 0. The zero-order chi connectivity index (χ0) is 17.0. The van der Waals surface area contributed by atoms with Crippen molar-refractivity contribution < 1.29 is 23.8 Å². The molecule has 1 aromatic carbocycles. The third-order valence-corrected chi connectivity index (χ3v) is 4.52. The van der Waals surface area contributed by atoms with E-state index in [0.717, 1.165) is 16.9 Å². The van der Waals surface area contributed by atoms with Gasteiger partial charge >= 0.3 is 11.9 Å². The van der Waals surface area contributed by atoms with Gasteiger partial charge in [-0.2, -0.15) is 0 Å². The van der Waals surface area contributed by atoms with Crippen LogP contribution in [0.5, 0.6) is 5.75 Å². The third kappa shape index (κ3) is 3.83. The number of esters is 2. The predicted molar refractivity (Wildman–Crippen MR) is 87.5 cm³/mol. The van der Waals surface area contributed by atoms with Gasteiger partial charge in [-0.25, -0.2) is 9.59 Å². The molecule has 0 aliphatic carbocycles. The summed E-state index contributed by atoms with van der Waals surface area (Å²) in [4.78, 5) is 24.0. The van der Waals surface area contributed by atoms with E-state index in [2.05, 4.69) is 4.74 Å². The normalized spacial score (nSPS) is 11.7. The average Bonchev–Trinajstić information content (AvgIpc) is 2.97. The number of halogens is 1. The number of thiophene rings is 1. The Hall–Kier alpha value is -2.05. The molecule has 0 saturated heterocycles. The molecule has 0 spiro atoms.